The van der Waals surface area contributed by atoms with E-state index in [0.717, 1.165) is 0 Å². The maximum Gasteiger partial charge on any atom is 0.310 e. The monoisotopic (exact) mass is 309 g/mol. The second kappa shape index (κ2) is 8.38. The van der Waals surface area contributed by atoms with E-state index in [1.54, 1.807) is 45.2 Å². The lowest BCUT2D eigenvalue weighted by atomic mass is 10.1. The molecule has 0 radical (unpaired) electrons. The highest BCUT2D eigenvalue weighted by atomic mass is 16.5. The maximum absolute atomic E-state index is 12.5. The number of aliphatic hydroxyl groups is 1. The number of benzene rings is 1. The molecule has 0 aromatic heterocycles. The molecular formula is C16H23NO5. The van der Waals surface area contributed by atoms with Crippen LogP contribution in [0.3, 0.4) is 0 Å². The third-order valence-corrected chi connectivity index (χ3v) is 3.21. The molecule has 1 aromatic carbocycles. The van der Waals surface area contributed by atoms with E-state index in [2.05, 4.69) is 4.74 Å². The van der Waals surface area contributed by atoms with Gasteiger partial charge < -0.3 is 19.5 Å². The number of esters is 1. The van der Waals surface area contributed by atoms with Gasteiger partial charge in [-0.15, -0.1) is 0 Å². The Morgan fingerprint density at radius 1 is 1.14 bits per heavy atom. The van der Waals surface area contributed by atoms with Crippen LogP contribution in [-0.4, -0.2) is 55.3 Å². The standard InChI is InChI=1S/C16H23NO5/c1-11(16(20)22-4)9-17(10-12(2)18)15(19)13-5-7-14(21-3)8-6-13/h5-8,11-12,18H,9-10H2,1-4H3. The molecule has 2 unspecified atom stereocenters. The fourth-order valence-corrected chi connectivity index (χ4v) is 2.08. The van der Waals surface area contributed by atoms with Crippen LogP contribution < -0.4 is 4.74 Å². The zero-order chi connectivity index (χ0) is 16.7. The largest absolute Gasteiger partial charge is 0.497 e. The van der Waals surface area contributed by atoms with Crippen LogP contribution in [0.25, 0.3) is 0 Å². The molecule has 0 saturated carbocycles. The first-order chi connectivity index (χ1) is 10.4. The van der Waals surface area contributed by atoms with E-state index in [0.29, 0.717) is 11.3 Å². The second-order valence-electron chi connectivity index (χ2n) is 5.21. The average Bonchev–Trinajstić information content (AvgIpc) is 2.52. The summed E-state index contributed by atoms with van der Waals surface area (Å²) < 4.78 is 9.74. The third-order valence-electron chi connectivity index (χ3n) is 3.21. The van der Waals surface area contributed by atoms with Crippen LogP contribution >= 0.6 is 0 Å². The lowest BCUT2D eigenvalue weighted by molar-refractivity contribution is -0.145. The van der Waals surface area contributed by atoms with Gasteiger partial charge in [-0.3, -0.25) is 9.59 Å². The molecule has 0 aliphatic heterocycles. The summed E-state index contributed by atoms with van der Waals surface area (Å²) in [5.74, 6) is -0.454. The number of carbonyl (C=O) groups excluding carboxylic acids is 2. The molecule has 0 saturated heterocycles. The number of rotatable bonds is 7. The van der Waals surface area contributed by atoms with E-state index in [-0.39, 0.29) is 19.0 Å². The molecule has 1 aromatic rings. The fraction of sp³-hybridized carbons (Fsp3) is 0.500. The van der Waals surface area contributed by atoms with Gasteiger partial charge in [0.15, 0.2) is 0 Å². The van der Waals surface area contributed by atoms with Crippen LogP contribution in [0.4, 0.5) is 0 Å². The Morgan fingerprint density at radius 2 is 1.73 bits per heavy atom. The summed E-state index contributed by atoms with van der Waals surface area (Å²) in [6.07, 6.45) is -0.688. The smallest absolute Gasteiger partial charge is 0.310 e. The van der Waals surface area contributed by atoms with Crippen molar-refractivity contribution in [2.24, 2.45) is 5.92 Å². The normalized spacial score (nSPS) is 13.1. The van der Waals surface area contributed by atoms with Gasteiger partial charge in [-0.25, -0.2) is 0 Å². The molecule has 6 heteroatoms. The SMILES string of the molecule is COC(=O)C(C)CN(CC(C)O)C(=O)c1ccc(OC)cc1. The molecule has 122 valence electrons. The van der Waals surface area contributed by atoms with Gasteiger partial charge in [-0.1, -0.05) is 6.92 Å². The van der Waals surface area contributed by atoms with Crippen LogP contribution in [-0.2, 0) is 9.53 Å². The van der Waals surface area contributed by atoms with Crippen molar-refractivity contribution in [1.29, 1.82) is 0 Å². The van der Waals surface area contributed by atoms with Crippen molar-refractivity contribution < 1.29 is 24.2 Å². The second-order valence-corrected chi connectivity index (χ2v) is 5.21. The molecule has 0 heterocycles. The van der Waals surface area contributed by atoms with Crippen molar-refractivity contribution in [1.82, 2.24) is 4.90 Å². The molecule has 0 aliphatic rings. The summed E-state index contributed by atoms with van der Waals surface area (Å²) in [5, 5.41) is 9.58. The Morgan fingerprint density at radius 3 is 2.18 bits per heavy atom. The summed E-state index contributed by atoms with van der Waals surface area (Å²) in [5.41, 5.74) is 0.471. The van der Waals surface area contributed by atoms with Gasteiger partial charge in [0.2, 0.25) is 0 Å². The van der Waals surface area contributed by atoms with E-state index in [4.69, 9.17) is 4.74 Å². The maximum atomic E-state index is 12.5. The van der Waals surface area contributed by atoms with Crippen molar-refractivity contribution in [2.45, 2.75) is 20.0 Å². The number of hydrogen-bond acceptors (Lipinski definition) is 5. The van der Waals surface area contributed by atoms with Gasteiger partial charge in [0.25, 0.3) is 5.91 Å². The lowest BCUT2D eigenvalue weighted by Gasteiger charge is -2.26. The minimum atomic E-state index is -0.688. The Balaban J connectivity index is 2.89. The van der Waals surface area contributed by atoms with Crippen LogP contribution in [0.5, 0.6) is 5.75 Å². The van der Waals surface area contributed by atoms with Crippen molar-refractivity contribution in [3.63, 3.8) is 0 Å². The van der Waals surface area contributed by atoms with Crippen LogP contribution in [0.15, 0.2) is 24.3 Å². The van der Waals surface area contributed by atoms with E-state index in [9.17, 15) is 14.7 Å². The fourth-order valence-electron chi connectivity index (χ4n) is 2.08. The molecule has 0 spiro atoms. The van der Waals surface area contributed by atoms with Crippen LogP contribution in [0.2, 0.25) is 0 Å². The zero-order valence-electron chi connectivity index (χ0n) is 13.4. The highest BCUT2D eigenvalue weighted by molar-refractivity contribution is 5.94. The van der Waals surface area contributed by atoms with Crippen LogP contribution in [0, 0.1) is 5.92 Å². The molecule has 22 heavy (non-hydrogen) atoms. The molecule has 1 rings (SSSR count). The predicted octanol–water partition coefficient (Wildman–Crippen LogP) is 1.33. The first-order valence-electron chi connectivity index (χ1n) is 7.08. The summed E-state index contributed by atoms with van der Waals surface area (Å²) in [7, 11) is 2.86. The van der Waals surface area contributed by atoms with Crippen LogP contribution in [0.1, 0.15) is 24.2 Å². The molecule has 2 atom stereocenters. The van der Waals surface area contributed by atoms with Crippen molar-refractivity contribution in [2.75, 3.05) is 27.3 Å². The number of ether oxygens (including phenoxy) is 2. The van der Waals surface area contributed by atoms with E-state index in [1.165, 1.54) is 12.0 Å². The first-order valence-corrected chi connectivity index (χ1v) is 7.08. The highest BCUT2D eigenvalue weighted by Gasteiger charge is 2.23. The predicted molar refractivity (Wildman–Crippen MR) is 81.8 cm³/mol. The van der Waals surface area contributed by atoms with E-state index < -0.39 is 18.0 Å². The van der Waals surface area contributed by atoms with E-state index in [1.807, 2.05) is 0 Å². The number of amides is 1. The molecule has 1 amide bonds. The third kappa shape index (κ3) is 5.04. The Hall–Kier alpha value is -2.08. The highest BCUT2D eigenvalue weighted by Crippen LogP contribution is 2.14. The summed E-state index contributed by atoms with van der Waals surface area (Å²) in [4.78, 5) is 25.5. The molecular weight excluding hydrogens is 286 g/mol. The Kier molecular flexibility index (Phi) is 6.85. The Labute approximate surface area is 130 Å². The summed E-state index contributed by atoms with van der Waals surface area (Å²) in [6, 6.07) is 6.69. The lowest BCUT2D eigenvalue weighted by Crippen LogP contribution is -2.41. The van der Waals surface area contributed by atoms with Gasteiger partial charge in [0, 0.05) is 18.7 Å². The topological polar surface area (TPSA) is 76.1 Å². The van der Waals surface area contributed by atoms with Gasteiger partial charge in [0.1, 0.15) is 5.75 Å². The van der Waals surface area contributed by atoms with Gasteiger partial charge in [-0.2, -0.15) is 0 Å². The number of carbonyl (C=O) groups is 2. The molecule has 6 nitrogen and oxygen atoms in total. The summed E-state index contributed by atoms with van der Waals surface area (Å²) in [6.45, 7) is 3.61. The minimum absolute atomic E-state index is 0.145. The number of aliphatic hydroxyl groups excluding tert-OH is 1. The molecule has 0 aliphatic carbocycles. The minimum Gasteiger partial charge on any atom is -0.497 e. The van der Waals surface area contributed by atoms with Crippen molar-refractivity contribution in [3.8, 4) is 5.75 Å². The summed E-state index contributed by atoms with van der Waals surface area (Å²) >= 11 is 0. The average molecular weight is 309 g/mol. The quantitative estimate of drug-likeness (QED) is 0.769. The van der Waals surface area contributed by atoms with Gasteiger partial charge >= 0.3 is 5.97 Å². The van der Waals surface area contributed by atoms with Gasteiger partial charge in [0.05, 0.1) is 26.2 Å². The van der Waals surface area contributed by atoms with Gasteiger partial charge in [-0.05, 0) is 31.2 Å². The number of nitrogens with zero attached hydrogens (tertiary/aromatic N) is 1. The molecule has 0 fully saturated rings. The van der Waals surface area contributed by atoms with E-state index >= 15 is 0 Å². The number of methoxy groups -OCH3 is 2. The zero-order valence-corrected chi connectivity index (χ0v) is 13.4. The van der Waals surface area contributed by atoms with Crippen molar-refractivity contribution >= 4 is 11.9 Å². The molecule has 1 N–H and O–H groups in total. The molecule has 0 bridgehead atoms. The van der Waals surface area contributed by atoms with Crippen molar-refractivity contribution in [3.05, 3.63) is 29.8 Å². The Bertz CT molecular complexity index is 498. The first kappa shape index (κ1) is 18.0. The number of hydrogen-bond donors (Lipinski definition) is 1.